The van der Waals surface area contributed by atoms with E-state index in [1.807, 2.05) is 0 Å². The highest BCUT2D eigenvalue weighted by Crippen LogP contribution is 2.17. The summed E-state index contributed by atoms with van der Waals surface area (Å²) in [6.45, 7) is 3.99. The zero-order valence-electron chi connectivity index (χ0n) is 17.4. The lowest BCUT2D eigenvalue weighted by Gasteiger charge is -2.07. The van der Waals surface area contributed by atoms with Crippen molar-refractivity contribution >= 4 is 33.9 Å². The van der Waals surface area contributed by atoms with Gasteiger partial charge in [-0.3, -0.25) is 9.59 Å². The number of aromatic nitrogens is 3. The topological polar surface area (TPSA) is 116 Å². The number of hydrogen-bond donors (Lipinski definition) is 1. The maximum atomic E-state index is 12.5. The van der Waals surface area contributed by atoms with E-state index in [2.05, 4.69) is 29.2 Å². The van der Waals surface area contributed by atoms with Crippen LogP contribution in [0.4, 0.5) is 5.69 Å². The monoisotopic (exact) mass is 452 g/mol. The Morgan fingerprint density at radius 2 is 2.06 bits per heavy atom. The predicted octanol–water partition coefficient (Wildman–Crippen LogP) is 3.55. The van der Waals surface area contributed by atoms with Gasteiger partial charge >= 0.3 is 5.97 Å². The molecule has 0 aliphatic heterocycles. The molecule has 0 saturated heterocycles. The van der Waals surface area contributed by atoms with Crippen LogP contribution in [0.2, 0.25) is 0 Å². The first-order valence-corrected chi connectivity index (χ1v) is 10.7. The summed E-state index contributed by atoms with van der Waals surface area (Å²) in [6.07, 6.45) is 2.15. The Labute approximate surface area is 186 Å². The summed E-state index contributed by atoms with van der Waals surface area (Å²) in [5.74, 6) is -0.470. The molecule has 0 saturated carbocycles. The minimum atomic E-state index is -0.606. The average molecular weight is 452 g/mol. The number of hydrogen-bond acceptors (Lipinski definition) is 8. The Morgan fingerprint density at radius 1 is 1.22 bits per heavy atom. The van der Waals surface area contributed by atoms with E-state index in [0.29, 0.717) is 22.3 Å². The summed E-state index contributed by atoms with van der Waals surface area (Å²) < 4.78 is 11.6. The summed E-state index contributed by atoms with van der Waals surface area (Å²) in [5, 5.41) is 7.78. The van der Waals surface area contributed by atoms with Crippen LogP contribution < -0.4 is 10.9 Å². The molecule has 0 aliphatic rings. The van der Waals surface area contributed by atoms with E-state index in [-0.39, 0.29) is 23.5 Å². The standard InChI is InChI=1S/C22H20N4O5S/c1-13(2)9-18-25-26-19(27)11-16(24-22(26)32-18)12-31-21(29)14-5-3-6-15(10-14)23-20(28)17-7-4-8-30-17/h3-8,10-11,13H,9,12H2,1-2H3,(H,23,28). The largest absolute Gasteiger partial charge is 0.459 e. The maximum Gasteiger partial charge on any atom is 0.338 e. The molecule has 164 valence electrons. The first-order chi connectivity index (χ1) is 15.4. The van der Waals surface area contributed by atoms with E-state index in [1.54, 1.807) is 24.3 Å². The van der Waals surface area contributed by atoms with Crippen LogP contribution in [0.25, 0.3) is 4.96 Å². The van der Waals surface area contributed by atoms with Gasteiger partial charge in [-0.25, -0.2) is 9.78 Å². The average Bonchev–Trinajstić information content (AvgIpc) is 3.42. The zero-order chi connectivity index (χ0) is 22.7. The number of anilines is 1. The molecule has 1 N–H and O–H groups in total. The number of fused-ring (bicyclic) bond motifs is 1. The highest BCUT2D eigenvalue weighted by atomic mass is 32.1. The van der Waals surface area contributed by atoms with Crippen molar-refractivity contribution in [2.24, 2.45) is 5.92 Å². The van der Waals surface area contributed by atoms with Crippen LogP contribution in [-0.2, 0) is 17.8 Å². The van der Waals surface area contributed by atoms with E-state index in [1.165, 1.54) is 40.3 Å². The van der Waals surface area contributed by atoms with Crippen molar-refractivity contribution in [1.29, 1.82) is 0 Å². The SMILES string of the molecule is CC(C)Cc1nn2c(=O)cc(COC(=O)c3cccc(NC(=O)c4ccco4)c3)nc2s1. The van der Waals surface area contributed by atoms with Crippen LogP contribution in [0, 0.1) is 5.92 Å². The molecule has 3 heterocycles. The fourth-order valence-corrected chi connectivity index (χ4v) is 4.08. The van der Waals surface area contributed by atoms with Crippen molar-refractivity contribution < 1.29 is 18.7 Å². The Kier molecular flexibility index (Phi) is 6.13. The van der Waals surface area contributed by atoms with E-state index in [4.69, 9.17) is 9.15 Å². The molecule has 9 nitrogen and oxygen atoms in total. The molecule has 32 heavy (non-hydrogen) atoms. The summed E-state index contributed by atoms with van der Waals surface area (Å²) in [5.41, 5.74) is 0.679. The van der Waals surface area contributed by atoms with Crippen LogP contribution >= 0.6 is 11.3 Å². The maximum absolute atomic E-state index is 12.5. The molecule has 0 unspecified atom stereocenters. The second-order valence-electron chi connectivity index (χ2n) is 7.46. The molecule has 4 rings (SSSR count). The van der Waals surface area contributed by atoms with Gasteiger partial charge < -0.3 is 14.5 Å². The zero-order valence-corrected chi connectivity index (χ0v) is 18.2. The molecule has 1 aromatic carbocycles. The van der Waals surface area contributed by atoms with Crippen LogP contribution in [0.1, 0.15) is 45.5 Å². The first kappa shape index (κ1) is 21.4. The van der Waals surface area contributed by atoms with Crippen molar-refractivity contribution in [2.45, 2.75) is 26.9 Å². The lowest BCUT2D eigenvalue weighted by Crippen LogP contribution is -2.17. The number of nitrogens with zero attached hydrogens (tertiary/aromatic N) is 3. The Morgan fingerprint density at radius 3 is 2.81 bits per heavy atom. The van der Waals surface area contributed by atoms with E-state index >= 15 is 0 Å². The molecule has 0 atom stereocenters. The van der Waals surface area contributed by atoms with Gasteiger partial charge in [0.05, 0.1) is 17.5 Å². The molecule has 3 aromatic heterocycles. The molecule has 0 fully saturated rings. The summed E-state index contributed by atoms with van der Waals surface area (Å²) in [6, 6.07) is 10.8. The van der Waals surface area contributed by atoms with Gasteiger partial charge in [0.2, 0.25) is 4.96 Å². The molecule has 0 spiro atoms. The number of benzene rings is 1. The minimum absolute atomic E-state index is 0.158. The van der Waals surface area contributed by atoms with Crippen LogP contribution in [-0.4, -0.2) is 26.5 Å². The third kappa shape index (κ3) is 4.92. The van der Waals surface area contributed by atoms with Gasteiger partial charge in [0.25, 0.3) is 11.5 Å². The number of amides is 1. The smallest absolute Gasteiger partial charge is 0.338 e. The number of rotatable bonds is 7. The van der Waals surface area contributed by atoms with Gasteiger partial charge in [-0.1, -0.05) is 31.3 Å². The normalized spacial score (nSPS) is 11.1. The number of carbonyl (C=O) groups excluding carboxylic acids is 2. The lowest BCUT2D eigenvalue weighted by molar-refractivity contribution is 0.0467. The van der Waals surface area contributed by atoms with Gasteiger partial charge in [0.15, 0.2) is 5.76 Å². The lowest BCUT2D eigenvalue weighted by atomic mass is 10.1. The Balaban J connectivity index is 1.44. The highest BCUT2D eigenvalue weighted by Gasteiger charge is 2.14. The molecule has 0 bridgehead atoms. The van der Waals surface area contributed by atoms with Gasteiger partial charge in [-0.2, -0.15) is 9.61 Å². The van der Waals surface area contributed by atoms with Crippen molar-refractivity contribution in [2.75, 3.05) is 5.32 Å². The van der Waals surface area contributed by atoms with Crippen LogP contribution in [0.15, 0.2) is 57.9 Å². The van der Waals surface area contributed by atoms with Crippen molar-refractivity contribution in [3.8, 4) is 0 Å². The van der Waals surface area contributed by atoms with Gasteiger partial charge in [-0.05, 0) is 36.2 Å². The van der Waals surface area contributed by atoms with E-state index in [0.717, 1.165) is 11.4 Å². The molecular weight excluding hydrogens is 432 g/mol. The summed E-state index contributed by atoms with van der Waals surface area (Å²) in [4.78, 5) is 41.8. The number of furan rings is 1. The van der Waals surface area contributed by atoms with Gasteiger partial charge in [-0.15, -0.1) is 0 Å². The summed E-state index contributed by atoms with van der Waals surface area (Å²) >= 11 is 1.34. The van der Waals surface area contributed by atoms with E-state index in [9.17, 15) is 14.4 Å². The molecule has 4 aromatic rings. The third-order valence-electron chi connectivity index (χ3n) is 4.38. The van der Waals surface area contributed by atoms with Crippen molar-refractivity contribution in [1.82, 2.24) is 14.6 Å². The van der Waals surface area contributed by atoms with Crippen molar-refractivity contribution in [3.63, 3.8) is 0 Å². The Hall–Kier alpha value is -3.79. The third-order valence-corrected chi connectivity index (χ3v) is 5.31. The van der Waals surface area contributed by atoms with Crippen LogP contribution in [0.3, 0.4) is 0 Å². The number of ether oxygens (including phenoxy) is 1. The van der Waals surface area contributed by atoms with Gasteiger partial charge in [0.1, 0.15) is 11.6 Å². The number of nitrogens with one attached hydrogen (secondary N) is 1. The fourth-order valence-electron chi connectivity index (χ4n) is 2.95. The number of carbonyl (C=O) groups is 2. The minimum Gasteiger partial charge on any atom is -0.459 e. The Bertz CT molecular complexity index is 1320. The van der Waals surface area contributed by atoms with E-state index < -0.39 is 11.9 Å². The quantitative estimate of drug-likeness (QED) is 0.426. The first-order valence-electron chi connectivity index (χ1n) is 9.90. The second kappa shape index (κ2) is 9.15. The molecule has 0 aliphatic carbocycles. The fraction of sp³-hybridized carbons (Fsp3) is 0.227. The van der Waals surface area contributed by atoms with Gasteiger partial charge in [0, 0.05) is 18.2 Å². The second-order valence-corrected chi connectivity index (χ2v) is 8.50. The molecule has 0 radical (unpaired) electrons. The predicted molar refractivity (Wildman–Crippen MR) is 118 cm³/mol. The highest BCUT2D eigenvalue weighted by molar-refractivity contribution is 7.16. The van der Waals surface area contributed by atoms with Crippen molar-refractivity contribution in [3.05, 3.63) is 81.1 Å². The molecule has 1 amide bonds. The molecular formula is C22H20N4O5S. The molecule has 10 heteroatoms. The number of esters is 1. The summed E-state index contributed by atoms with van der Waals surface area (Å²) in [7, 11) is 0. The van der Waals surface area contributed by atoms with Crippen LogP contribution in [0.5, 0.6) is 0 Å².